The summed E-state index contributed by atoms with van der Waals surface area (Å²) in [5.41, 5.74) is 2.03. The topological polar surface area (TPSA) is 46.4 Å². The third-order valence-corrected chi connectivity index (χ3v) is 7.14. The van der Waals surface area contributed by atoms with Gasteiger partial charge in [-0.1, -0.05) is 24.3 Å². The number of anilines is 1. The molecule has 140 valence electrons. The van der Waals surface area contributed by atoms with Crippen molar-refractivity contribution < 1.29 is 9.69 Å². The molecule has 1 aliphatic rings. The maximum Gasteiger partial charge on any atom is 0.279 e. The molecule has 0 aliphatic carbocycles. The number of quaternary nitrogens is 1. The van der Waals surface area contributed by atoms with E-state index in [0.29, 0.717) is 12.5 Å². The number of amides is 1. The fourth-order valence-electron chi connectivity index (χ4n) is 3.68. The van der Waals surface area contributed by atoms with Crippen LogP contribution in [0.15, 0.2) is 53.4 Å². The quantitative estimate of drug-likeness (QED) is 0.648. The number of carbonyl (C=O) groups excluding carboxylic acids is 1. The van der Waals surface area contributed by atoms with E-state index in [0.717, 1.165) is 42.0 Å². The number of hydrogen-bond acceptors (Lipinski definition) is 4. The van der Waals surface area contributed by atoms with Crippen LogP contribution < -0.4 is 10.2 Å². The second-order valence-electron chi connectivity index (χ2n) is 6.97. The lowest BCUT2D eigenvalue weighted by molar-refractivity contribution is -0.897. The number of nitrogens with one attached hydrogen (secondary N) is 2. The minimum absolute atomic E-state index is 0.102. The summed E-state index contributed by atoms with van der Waals surface area (Å²) in [5.74, 6) is 0.636. The number of para-hydroxylation sites is 2. The van der Waals surface area contributed by atoms with Crippen molar-refractivity contribution in [1.82, 2.24) is 4.98 Å². The molecule has 1 saturated heterocycles. The van der Waals surface area contributed by atoms with Crippen molar-refractivity contribution in [3.8, 4) is 0 Å². The molecule has 2 aromatic carbocycles. The molecular formula is C21H24N3OS2+. The van der Waals surface area contributed by atoms with Gasteiger partial charge in [0.05, 0.1) is 34.0 Å². The average Bonchev–Trinajstić information content (AvgIpc) is 3.13. The molecule has 4 rings (SSSR count). The van der Waals surface area contributed by atoms with Crippen LogP contribution in [0.3, 0.4) is 0 Å². The van der Waals surface area contributed by atoms with E-state index < -0.39 is 0 Å². The zero-order valence-corrected chi connectivity index (χ0v) is 17.0. The highest BCUT2D eigenvalue weighted by molar-refractivity contribution is 7.98. The molecule has 0 unspecified atom stereocenters. The van der Waals surface area contributed by atoms with E-state index in [1.165, 1.54) is 14.6 Å². The molecule has 6 heteroatoms. The van der Waals surface area contributed by atoms with Crippen molar-refractivity contribution in [3.63, 3.8) is 0 Å². The molecule has 1 fully saturated rings. The number of piperidine rings is 1. The number of thiazole rings is 1. The predicted molar refractivity (Wildman–Crippen MR) is 114 cm³/mol. The maximum absolute atomic E-state index is 12.5. The van der Waals surface area contributed by atoms with E-state index in [4.69, 9.17) is 4.98 Å². The number of nitrogens with zero attached hydrogens (tertiary/aromatic N) is 1. The van der Waals surface area contributed by atoms with E-state index in [-0.39, 0.29) is 5.91 Å². The van der Waals surface area contributed by atoms with E-state index in [1.807, 2.05) is 47.9 Å². The standard InChI is InChI=1S/C21H23N3OS2/c1-26-18-8-4-2-6-16(18)22-20(25)14-24-12-10-15(11-13-24)21-23-17-7-3-5-9-19(17)27-21/h2-9,15H,10-14H2,1H3,(H,22,25)/p+1. The minimum atomic E-state index is 0.102. The highest BCUT2D eigenvalue weighted by Crippen LogP contribution is 2.31. The van der Waals surface area contributed by atoms with E-state index in [1.54, 1.807) is 11.8 Å². The number of benzene rings is 2. The van der Waals surface area contributed by atoms with Crippen LogP contribution in [0.5, 0.6) is 0 Å². The number of likely N-dealkylation sites (tertiary alicyclic amines) is 1. The largest absolute Gasteiger partial charge is 0.327 e. The minimum Gasteiger partial charge on any atom is -0.327 e. The number of carbonyl (C=O) groups is 1. The van der Waals surface area contributed by atoms with Gasteiger partial charge < -0.3 is 10.2 Å². The lowest BCUT2D eigenvalue weighted by Crippen LogP contribution is -3.14. The number of hydrogen-bond donors (Lipinski definition) is 2. The Kier molecular flexibility index (Phi) is 5.76. The Morgan fingerprint density at radius 1 is 1.19 bits per heavy atom. The summed E-state index contributed by atoms with van der Waals surface area (Å²) in [5, 5.41) is 4.34. The smallest absolute Gasteiger partial charge is 0.279 e. The first-order valence-corrected chi connectivity index (χ1v) is 11.4. The summed E-state index contributed by atoms with van der Waals surface area (Å²) in [6.07, 6.45) is 4.23. The molecule has 0 bridgehead atoms. The third kappa shape index (κ3) is 4.34. The van der Waals surface area contributed by atoms with Gasteiger partial charge in [-0.3, -0.25) is 4.79 Å². The first-order valence-electron chi connectivity index (χ1n) is 9.35. The third-order valence-electron chi connectivity index (χ3n) is 5.14. The monoisotopic (exact) mass is 398 g/mol. The Hall–Kier alpha value is -1.89. The zero-order chi connectivity index (χ0) is 18.6. The predicted octanol–water partition coefficient (Wildman–Crippen LogP) is 3.42. The van der Waals surface area contributed by atoms with Gasteiger partial charge in [-0.2, -0.15) is 0 Å². The summed E-state index contributed by atoms with van der Waals surface area (Å²) in [6.45, 7) is 2.59. The average molecular weight is 399 g/mol. The molecule has 0 saturated carbocycles. The van der Waals surface area contributed by atoms with Crippen LogP contribution in [0.4, 0.5) is 5.69 Å². The summed E-state index contributed by atoms with van der Waals surface area (Å²) in [7, 11) is 0. The first kappa shape index (κ1) is 18.5. The Balaban J connectivity index is 1.32. The van der Waals surface area contributed by atoms with Gasteiger partial charge in [-0.05, 0) is 30.5 Å². The van der Waals surface area contributed by atoms with Gasteiger partial charge in [0.25, 0.3) is 5.91 Å². The molecule has 27 heavy (non-hydrogen) atoms. The van der Waals surface area contributed by atoms with Gasteiger partial charge in [0.2, 0.25) is 0 Å². The van der Waals surface area contributed by atoms with Gasteiger partial charge in [0.15, 0.2) is 6.54 Å². The molecule has 0 atom stereocenters. The van der Waals surface area contributed by atoms with Crippen LogP contribution in [-0.4, -0.2) is 36.8 Å². The second-order valence-corrected chi connectivity index (χ2v) is 8.88. The molecule has 1 amide bonds. The van der Waals surface area contributed by atoms with E-state index in [9.17, 15) is 4.79 Å². The zero-order valence-electron chi connectivity index (χ0n) is 15.4. The van der Waals surface area contributed by atoms with Gasteiger partial charge >= 0.3 is 0 Å². The van der Waals surface area contributed by atoms with Crippen LogP contribution >= 0.6 is 23.1 Å². The van der Waals surface area contributed by atoms with Gasteiger partial charge in [0, 0.05) is 23.7 Å². The Morgan fingerprint density at radius 3 is 2.70 bits per heavy atom. The molecule has 2 heterocycles. The Labute approximate surface area is 168 Å². The van der Waals surface area contributed by atoms with Gasteiger partial charge in [0.1, 0.15) is 0 Å². The van der Waals surface area contributed by atoms with Crippen LogP contribution in [0.25, 0.3) is 10.2 Å². The van der Waals surface area contributed by atoms with Crippen molar-refractivity contribution in [2.75, 3.05) is 31.2 Å². The molecule has 4 nitrogen and oxygen atoms in total. The normalized spacial score (nSPS) is 19.9. The summed E-state index contributed by atoms with van der Waals surface area (Å²) in [4.78, 5) is 19.8. The van der Waals surface area contributed by atoms with Gasteiger partial charge in [-0.15, -0.1) is 23.1 Å². The van der Waals surface area contributed by atoms with Crippen molar-refractivity contribution >= 4 is 44.9 Å². The number of aromatic nitrogens is 1. The molecule has 0 radical (unpaired) electrons. The fourth-order valence-corrected chi connectivity index (χ4v) is 5.37. The van der Waals surface area contributed by atoms with Crippen LogP contribution in [0.2, 0.25) is 0 Å². The van der Waals surface area contributed by atoms with Gasteiger partial charge in [-0.25, -0.2) is 4.98 Å². The summed E-state index contributed by atoms with van der Waals surface area (Å²) in [6, 6.07) is 16.3. The van der Waals surface area contributed by atoms with Crippen LogP contribution in [0, 0.1) is 0 Å². The van der Waals surface area contributed by atoms with Crippen LogP contribution in [-0.2, 0) is 4.79 Å². The summed E-state index contributed by atoms with van der Waals surface area (Å²) >= 11 is 3.48. The second kappa shape index (κ2) is 8.42. The number of fused-ring (bicyclic) bond motifs is 1. The van der Waals surface area contributed by atoms with Crippen LogP contribution in [0.1, 0.15) is 23.8 Å². The maximum atomic E-state index is 12.5. The lowest BCUT2D eigenvalue weighted by Gasteiger charge is -2.27. The molecular weight excluding hydrogens is 374 g/mol. The van der Waals surface area contributed by atoms with E-state index >= 15 is 0 Å². The Bertz CT molecular complexity index is 899. The van der Waals surface area contributed by atoms with E-state index in [2.05, 4.69) is 23.5 Å². The Morgan fingerprint density at radius 2 is 1.93 bits per heavy atom. The fraction of sp³-hybridized carbons (Fsp3) is 0.333. The molecule has 1 aliphatic heterocycles. The molecule has 2 N–H and O–H groups in total. The summed E-state index contributed by atoms with van der Waals surface area (Å²) < 4.78 is 1.27. The molecule has 0 spiro atoms. The molecule has 1 aromatic heterocycles. The highest BCUT2D eigenvalue weighted by Gasteiger charge is 2.27. The SMILES string of the molecule is CSc1ccccc1NC(=O)C[NH+]1CCC(c2nc3ccccc3s2)CC1. The molecule has 3 aromatic rings. The van der Waals surface area contributed by atoms with Crippen molar-refractivity contribution in [2.45, 2.75) is 23.7 Å². The number of rotatable bonds is 5. The van der Waals surface area contributed by atoms with Crippen molar-refractivity contribution in [1.29, 1.82) is 0 Å². The first-order chi connectivity index (χ1) is 13.2. The number of thioether (sulfide) groups is 1. The highest BCUT2D eigenvalue weighted by atomic mass is 32.2. The lowest BCUT2D eigenvalue weighted by atomic mass is 9.97. The van der Waals surface area contributed by atoms with Crippen molar-refractivity contribution in [2.24, 2.45) is 0 Å². The van der Waals surface area contributed by atoms with Crippen molar-refractivity contribution in [3.05, 3.63) is 53.5 Å².